The van der Waals surface area contributed by atoms with Gasteiger partial charge in [-0.25, -0.2) is 0 Å². The topological polar surface area (TPSA) is 23.5 Å². The van der Waals surface area contributed by atoms with Gasteiger partial charge in [-0.05, 0) is 56.5 Å². The van der Waals surface area contributed by atoms with Crippen LogP contribution in [0.5, 0.6) is 0 Å². The smallest absolute Gasteiger partial charge is 0.390 e. The van der Waals surface area contributed by atoms with Gasteiger partial charge in [-0.3, -0.25) is 0 Å². The lowest BCUT2D eigenvalue weighted by molar-refractivity contribution is -0.138. The Labute approximate surface area is 106 Å². The number of nitrogens with zero attached hydrogens (tertiary/aromatic N) is 1. The Morgan fingerprint density at radius 1 is 1.17 bits per heavy atom. The van der Waals surface area contributed by atoms with Crippen LogP contribution < -0.4 is 0 Å². The van der Waals surface area contributed by atoms with Crippen LogP contribution in [0.4, 0.5) is 13.2 Å². The molecule has 1 heterocycles. The average Bonchev–Trinajstić information content (AvgIpc) is 3.06. The maximum Gasteiger partial charge on any atom is 0.390 e. The number of rotatable bonds is 5. The van der Waals surface area contributed by atoms with Crippen molar-refractivity contribution < 1.29 is 18.3 Å². The van der Waals surface area contributed by atoms with E-state index in [2.05, 4.69) is 0 Å². The summed E-state index contributed by atoms with van der Waals surface area (Å²) in [6, 6.07) is 0. The second-order valence-electron chi connectivity index (χ2n) is 5.72. The fourth-order valence-electron chi connectivity index (χ4n) is 3.24. The maximum absolute atomic E-state index is 12.1. The number of alkyl halides is 3. The van der Waals surface area contributed by atoms with Crippen molar-refractivity contribution in [2.45, 2.75) is 38.3 Å². The molecule has 2 aliphatic rings. The molecular weight excluding hydrogens is 243 g/mol. The third-order valence-electron chi connectivity index (χ3n) is 4.43. The summed E-state index contributed by atoms with van der Waals surface area (Å²) in [6.07, 6.45) is -0.532. The van der Waals surface area contributed by atoms with Gasteiger partial charge in [0.2, 0.25) is 0 Å². The Morgan fingerprint density at radius 3 is 2.39 bits per heavy atom. The molecule has 2 fully saturated rings. The van der Waals surface area contributed by atoms with Crippen LogP contribution in [0.1, 0.15) is 32.1 Å². The van der Waals surface area contributed by atoms with E-state index >= 15 is 0 Å². The lowest BCUT2D eigenvalue weighted by atomic mass is 9.90. The van der Waals surface area contributed by atoms with Gasteiger partial charge in [-0.2, -0.15) is 13.2 Å². The SMILES string of the molecule is OCC[C@@H]1C[C@@H]1C1CCN(CCC(F)(F)F)CC1. The number of aliphatic hydroxyl groups is 1. The molecular formula is C13H22F3NO. The molecule has 2 rings (SSSR count). The van der Waals surface area contributed by atoms with Gasteiger partial charge in [0.25, 0.3) is 0 Å². The number of aliphatic hydroxyl groups excluding tert-OH is 1. The lowest BCUT2D eigenvalue weighted by Gasteiger charge is -2.32. The monoisotopic (exact) mass is 265 g/mol. The molecule has 0 unspecified atom stereocenters. The quantitative estimate of drug-likeness (QED) is 0.826. The second kappa shape index (κ2) is 5.78. The first-order valence-corrected chi connectivity index (χ1v) is 6.89. The van der Waals surface area contributed by atoms with E-state index in [9.17, 15) is 13.2 Å². The molecule has 0 spiro atoms. The normalized spacial score (nSPS) is 30.7. The van der Waals surface area contributed by atoms with Crippen molar-refractivity contribution in [1.29, 1.82) is 0 Å². The predicted octanol–water partition coefficient (Wildman–Crippen LogP) is 2.67. The molecule has 1 saturated heterocycles. The molecule has 0 aromatic heterocycles. The lowest BCUT2D eigenvalue weighted by Crippen LogP contribution is -2.36. The largest absolute Gasteiger partial charge is 0.396 e. The number of hydrogen-bond donors (Lipinski definition) is 1. The highest BCUT2D eigenvalue weighted by molar-refractivity contribution is 4.93. The Bertz CT molecular complexity index is 261. The van der Waals surface area contributed by atoms with Gasteiger partial charge in [-0.1, -0.05) is 0 Å². The second-order valence-corrected chi connectivity index (χ2v) is 5.72. The van der Waals surface area contributed by atoms with E-state index in [0.29, 0.717) is 11.8 Å². The van der Waals surface area contributed by atoms with Crippen LogP contribution in [0.3, 0.4) is 0 Å². The van der Waals surface area contributed by atoms with Gasteiger partial charge in [0.1, 0.15) is 0 Å². The summed E-state index contributed by atoms with van der Waals surface area (Å²) in [5.41, 5.74) is 0. The molecule has 106 valence electrons. The van der Waals surface area contributed by atoms with E-state index < -0.39 is 12.6 Å². The van der Waals surface area contributed by atoms with Crippen molar-refractivity contribution in [2.24, 2.45) is 17.8 Å². The fourth-order valence-corrected chi connectivity index (χ4v) is 3.24. The third-order valence-corrected chi connectivity index (χ3v) is 4.43. The Balaban J connectivity index is 1.63. The van der Waals surface area contributed by atoms with Crippen LogP contribution in [-0.2, 0) is 0 Å². The van der Waals surface area contributed by atoms with Gasteiger partial charge < -0.3 is 10.0 Å². The molecule has 0 bridgehead atoms. The average molecular weight is 265 g/mol. The molecule has 18 heavy (non-hydrogen) atoms. The van der Waals surface area contributed by atoms with Gasteiger partial charge in [0, 0.05) is 13.2 Å². The minimum Gasteiger partial charge on any atom is -0.396 e. The van der Waals surface area contributed by atoms with Crippen LogP contribution >= 0.6 is 0 Å². The maximum atomic E-state index is 12.1. The molecule has 5 heteroatoms. The summed E-state index contributed by atoms with van der Waals surface area (Å²) in [5, 5.41) is 8.87. The minimum atomic E-state index is -4.03. The number of halogens is 3. The Kier molecular flexibility index (Phi) is 4.54. The van der Waals surface area contributed by atoms with Crippen LogP contribution in [-0.4, -0.2) is 42.4 Å². The minimum absolute atomic E-state index is 0.154. The first-order chi connectivity index (χ1) is 8.49. The summed E-state index contributed by atoms with van der Waals surface area (Å²) < 4.78 is 36.3. The number of piperidine rings is 1. The van der Waals surface area contributed by atoms with Gasteiger partial charge in [0.15, 0.2) is 0 Å². The first-order valence-electron chi connectivity index (χ1n) is 6.89. The van der Waals surface area contributed by atoms with Gasteiger partial charge >= 0.3 is 6.18 Å². The van der Waals surface area contributed by atoms with Crippen LogP contribution in [0, 0.1) is 17.8 Å². The summed E-state index contributed by atoms with van der Waals surface area (Å²) in [6.45, 7) is 2.04. The third kappa shape index (κ3) is 4.12. The molecule has 1 aliphatic carbocycles. The fraction of sp³-hybridized carbons (Fsp3) is 1.00. The summed E-state index contributed by atoms with van der Waals surface area (Å²) in [4.78, 5) is 1.94. The van der Waals surface area contributed by atoms with Crippen molar-refractivity contribution in [3.8, 4) is 0 Å². The zero-order chi connectivity index (χ0) is 13.2. The van der Waals surface area contributed by atoms with E-state index in [4.69, 9.17) is 5.11 Å². The van der Waals surface area contributed by atoms with E-state index in [1.54, 1.807) is 0 Å². The predicted molar refractivity (Wildman–Crippen MR) is 63.1 cm³/mol. The van der Waals surface area contributed by atoms with E-state index in [0.717, 1.165) is 38.3 Å². The standard InChI is InChI=1S/C13H22F3NO/c14-13(15,16)4-7-17-5-1-10(2-6-17)12-9-11(12)3-8-18/h10-12,18H,1-9H2/t11-,12-/m1/s1. The van der Waals surface area contributed by atoms with Crippen LogP contribution in [0.25, 0.3) is 0 Å². The van der Waals surface area contributed by atoms with E-state index in [1.807, 2.05) is 4.90 Å². The zero-order valence-corrected chi connectivity index (χ0v) is 10.6. The first kappa shape index (κ1) is 14.1. The number of hydrogen-bond acceptors (Lipinski definition) is 2. The van der Waals surface area contributed by atoms with Gasteiger partial charge in [0.05, 0.1) is 6.42 Å². The Hall–Kier alpha value is -0.290. The molecule has 0 radical (unpaired) electrons. The molecule has 2 nitrogen and oxygen atoms in total. The van der Waals surface area contributed by atoms with Crippen molar-refractivity contribution >= 4 is 0 Å². The summed E-state index contributed by atoms with van der Waals surface area (Å²) in [5.74, 6) is 2.10. The van der Waals surface area contributed by atoms with Crippen molar-refractivity contribution in [2.75, 3.05) is 26.2 Å². The summed E-state index contributed by atoms with van der Waals surface area (Å²) in [7, 11) is 0. The van der Waals surface area contributed by atoms with Crippen LogP contribution in [0.15, 0.2) is 0 Å². The van der Waals surface area contributed by atoms with Crippen molar-refractivity contribution in [3.63, 3.8) is 0 Å². The van der Waals surface area contributed by atoms with Crippen molar-refractivity contribution in [1.82, 2.24) is 4.90 Å². The molecule has 1 N–H and O–H groups in total. The highest BCUT2D eigenvalue weighted by Crippen LogP contribution is 2.49. The molecule has 1 saturated carbocycles. The summed E-state index contributed by atoms with van der Waals surface area (Å²) >= 11 is 0. The van der Waals surface area contributed by atoms with Gasteiger partial charge in [-0.15, -0.1) is 0 Å². The Morgan fingerprint density at radius 2 is 1.83 bits per heavy atom. The number of likely N-dealkylation sites (tertiary alicyclic amines) is 1. The highest BCUT2D eigenvalue weighted by Gasteiger charge is 2.42. The molecule has 0 amide bonds. The van der Waals surface area contributed by atoms with E-state index in [1.165, 1.54) is 6.42 Å². The molecule has 1 aliphatic heterocycles. The molecule has 0 aromatic carbocycles. The van der Waals surface area contributed by atoms with E-state index in [-0.39, 0.29) is 13.2 Å². The molecule has 2 atom stereocenters. The van der Waals surface area contributed by atoms with Crippen LogP contribution in [0.2, 0.25) is 0 Å². The highest BCUT2D eigenvalue weighted by atomic mass is 19.4. The molecule has 0 aromatic rings. The zero-order valence-electron chi connectivity index (χ0n) is 10.6. The van der Waals surface area contributed by atoms with Crippen molar-refractivity contribution in [3.05, 3.63) is 0 Å².